The summed E-state index contributed by atoms with van der Waals surface area (Å²) in [6.07, 6.45) is 4.37. The Kier molecular flexibility index (Phi) is 4.56. The van der Waals surface area contributed by atoms with Gasteiger partial charge in [-0.25, -0.2) is 0 Å². The number of nitrogens with two attached hydrogens (primary N) is 1. The van der Waals surface area contributed by atoms with Crippen molar-refractivity contribution < 1.29 is 0 Å². The van der Waals surface area contributed by atoms with E-state index in [0.29, 0.717) is 6.04 Å². The highest BCUT2D eigenvalue weighted by atomic mass is 15.1. The van der Waals surface area contributed by atoms with Gasteiger partial charge in [-0.3, -0.25) is 0 Å². The molecule has 0 aliphatic carbocycles. The average molecular weight is 209 g/mol. The van der Waals surface area contributed by atoms with Gasteiger partial charge in [-0.15, -0.1) is 0 Å². The fraction of sp³-hybridized carbons (Fsp3) is 0.917. The van der Waals surface area contributed by atoms with E-state index >= 15 is 0 Å². The van der Waals surface area contributed by atoms with Crippen molar-refractivity contribution >= 4 is 0 Å². The summed E-state index contributed by atoms with van der Waals surface area (Å²) in [6, 6.07) is 2.76. The summed E-state index contributed by atoms with van der Waals surface area (Å²) in [5, 5.41) is 8.89. The zero-order valence-electron chi connectivity index (χ0n) is 10.00. The highest BCUT2D eigenvalue weighted by molar-refractivity contribution is 4.91. The second-order valence-electron chi connectivity index (χ2n) is 5.28. The first-order valence-corrected chi connectivity index (χ1v) is 5.93. The monoisotopic (exact) mass is 209 g/mol. The fourth-order valence-electron chi connectivity index (χ4n) is 1.98. The lowest BCUT2D eigenvalue weighted by molar-refractivity contribution is 0.203. The van der Waals surface area contributed by atoms with Crippen LogP contribution in [0.5, 0.6) is 0 Å². The maximum atomic E-state index is 8.89. The van der Waals surface area contributed by atoms with Crippen LogP contribution >= 0.6 is 0 Å². The van der Waals surface area contributed by atoms with Gasteiger partial charge in [0.1, 0.15) is 0 Å². The molecule has 0 saturated carbocycles. The van der Waals surface area contributed by atoms with E-state index in [2.05, 4.69) is 11.0 Å². The zero-order chi connectivity index (χ0) is 11.3. The first kappa shape index (κ1) is 12.5. The molecule has 0 atom stereocenters. The molecular weight excluding hydrogens is 186 g/mol. The fourth-order valence-corrected chi connectivity index (χ4v) is 1.98. The van der Waals surface area contributed by atoms with Gasteiger partial charge in [0.2, 0.25) is 0 Å². The molecule has 1 heterocycles. The Bertz CT molecular complexity index is 222. The number of hydrogen-bond acceptors (Lipinski definition) is 3. The molecule has 0 radical (unpaired) electrons. The van der Waals surface area contributed by atoms with Crippen LogP contribution < -0.4 is 5.73 Å². The Morgan fingerprint density at radius 2 is 2.00 bits per heavy atom. The van der Waals surface area contributed by atoms with Crippen LogP contribution in [0.25, 0.3) is 0 Å². The van der Waals surface area contributed by atoms with Crippen LogP contribution in [0.15, 0.2) is 0 Å². The van der Waals surface area contributed by atoms with Crippen molar-refractivity contribution in [3.05, 3.63) is 0 Å². The summed E-state index contributed by atoms with van der Waals surface area (Å²) in [7, 11) is 0. The second-order valence-corrected chi connectivity index (χ2v) is 5.28. The molecule has 2 N–H and O–H groups in total. The predicted molar refractivity (Wildman–Crippen MR) is 62.3 cm³/mol. The Morgan fingerprint density at radius 1 is 1.40 bits per heavy atom. The molecule has 1 rings (SSSR count). The maximum absolute atomic E-state index is 8.89. The minimum absolute atomic E-state index is 0.161. The lowest BCUT2D eigenvalue weighted by atomic mass is 9.89. The van der Waals surface area contributed by atoms with Gasteiger partial charge in [0.25, 0.3) is 0 Å². The molecule has 15 heavy (non-hydrogen) atoms. The smallest absolute Gasteiger partial charge is 0.0683 e. The van der Waals surface area contributed by atoms with E-state index in [-0.39, 0.29) is 5.41 Å². The van der Waals surface area contributed by atoms with Crippen molar-refractivity contribution in [2.24, 2.45) is 11.1 Å². The van der Waals surface area contributed by atoms with Gasteiger partial charge >= 0.3 is 0 Å². The second kappa shape index (κ2) is 5.48. The lowest BCUT2D eigenvalue weighted by Gasteiger charge is -2.30. The van der Waals surface area contributed by atoms with Crippen LogP contribution in [-0.4, -0.2) is 30.6 Å². The number of likely N-dealkylation sites (tertiary alicyclic amines) is 1. The number of hydrogen-bond donors (Lipinski definition) is 1. The summed E-state index contributed by atoms with van der Waals surface area (Å²) in [4.78, 5) is 2.47. The largest absolute Gasteiger partial charge is 0.328 e. The first-order chi connectivity index (χ1) is 7.03. The molecule has 0 amide bonds. The molecule has 0 aromatic heterocycles. The van der Waals surface area contributed by atoms with Crippen molar-refractivity contribution in [1.82, 2.24) is 4.90 Å². The molecule has 0 bridgehead atoms. The van der Waals surface area contributed by atoms with Crippen molar-refractivity contribution in [3.63, 3.8) is 0 Å². The van der Waals surface area contributed by atoms with Crippen LogP contribution in [0.2, 0.25) is 0 Å². The Morgan fingerprint density at radius 3 is 2.53 bits per heavy atom. The van der Waals surface area contributed by atoms with Gasteiger partial charge in [0.05, 0.1) is 11.5 Å². The van der Waals surface area contributed by atoms with E-state index in [9.17, 15) is 0 Å². The summed E-state index contributed by atoms with van der Waals surface area (Å²) >= 11 is 0. The van der Waals surface area contributed by atoms with Crippen LogP contribution in [-0.2, 0) is 0 Å². The normalized spacial score (nSPS) is 20.1. The van der Waals surface area contributed by atoms with Gasteiger partial charge in [-0.05, 0) is 59.2 Å². The van der Waals surface area contributed by atoms with E-state index in [1.54, 1.807) is 0 Å². The van der Waals surface area contributed by atoms with Crippen molar-refractivity contribution in [1.29, 1.82) is 5.26 Å². The van der Waals surface area contributed by atoms with Crippen molar-refractivity contribution in [2.45, 2.75) is 45.6 Å². The van der Waals surface area contributed by atoms with E-state index in [1.807, 2.05) is 13.8 Å². The van der Waals surface area contributed by atoms with Crippen LogP contribution in [0.3, 0.4) is 0 Å². The summed E-state index contributed by atoms with van der Waals surface area (Å²) < 4.78 is 0. The molecule has 0 aromatic rings. The van der Waals surface area contributed by atoms with E-state index in [1.165, 1.54) is 0 Å². The van der Waals surface area contributed by atoms with Gasteiger partial charge < -0.3 is 10.6 Å². The first-order valence-electron chi connectivity index (χ1n) is 5.93. The Labute approximate surface area is 93.2 Å². The highest BCUT2D eigenvalue weighted by Gasteiger charge is 2.19. The number of nitrogens with zero attached hydrogens (tertiary/aromatic N) is 2. The molecule has 3 heteroatoms. The molecule has 0 unspecified atom stereocenters. The summed E-state index contributed by atoms with van der Waals surface area (Å²) in [5.41, 5.74) is 5.69. The molecule has 1 aliphatic rings. The van der Waals surface area contributed by atoms with Gasteiger partial charge in [0.15, 0.2) is 0 Å². The van der Waals surface area contributed by atoms with Crippen molar-refractivity contribution in [3.8, 4) is 6.07 Å². The standard InChI is InChI=1S/C12H23N3/c1-12(2,10-13)6-3-7-15-8-4-11(14)5-9-15/h11H,3-9,14H2,1-2H3. The lowest BCUT2D eigenvalue weighted by Crippen LogP contribution is -2.40. The molecule has 1 saturated heterocycles. The van der Waals surface area contributed by atoms with E-state index in [0.717, 1.165) is 45.3 Å². The molecular formula is C12H23N3. The maximum Gasteiger partial charge on any atom is 0.0683 e. The number of nitriles is 1. The van der Waals surface area contributed by atoms with Gasteiger partial charge in [-0.2, -0.15) is 5.26 Å². The molecule has 0 spiro atoms. The highest BCUT2D eigenvalue weighted by Crippen LogP contribution is 2.21. The predicted octanol–water partition coefficient (Wildman–Crippen LogP) is 1.74. The molecule has 3 nitrogen and oxygen atoms in total. The summed E-state index contributed by atoms with van der Waals surface area (Å²) in [6.45, 7) is 7.42. The third-order valence-corrected chi connectivity index (χ3v) is 3.21. The average Bonchev–Trinajstić information content (AvgIpc) is 2.21. The van der Waals surface area contributed by atoms with Crippen LogP contribution in [0, 0.1) is 16.7 Å². The van der Waals surface area contributed by atoms with Gasteiger partial charge in [0, 0.05) is 6.04 Å². The third-order valence-electron chi connectivity index (χ3n) is 3.21. The van der Waals surface area contributed by atoms with Gasteiger partial charge in [-0.1, -0.05) is 0 Å². The van der Waals surface area contributed by atoms with E-state index < -0.39 is 0 Å². The van der Waals surface area contributed by atoms with Crippen molar-refractivity contribution in [2.75, 3.05) is 19.6 Å². The number of piperidine rings is 1. The molecule has 1 fully saturated rings. The third kappa shape index (κ3) is 4.63. The van der Waals surface area contributed by atoms with Crippen LogP contribution in [0.1, 0.15) is 39.5 Å². The SMILES string of the molecule is CC(C)(C#N)CCCN1CCC(N)CC1. The molecule has 86 valence electrons. The minimum atomic E-state index is -0.161. The minimum Gasteiger partial charge on any atom is -0.328 e. The Hall–Kier alpha value is -0.590. The van der Waals surface area contributed by atoms with E-state index in [4.69, 9.17) is 11.0 Å². The zero-order valence-corrected chi connectivity index (χ0v) is 10.00. The Balaban J connectivity index is 2.14. The van der Waals surface area contributed by atoms with Crippen LogP contribution in [0.4, 0.5) is 0 Å². The molecule has 0 aromatic carbocycles. The number of rotatable bonds is 4. The summed E-state index contributed by atoms with van der Waals surface area (Å²) in [5.74, 6) is 0. The molecule has 1 aliphatic heterocycles. The quantitative estimate of drug-likeness (QED) is 0.767. The topological polar surface area (TPSA) is 53.0 Å².